The molecule has 1 atom stereocenters. The van der Waals surface area contributed by atoms with Crippen LogP contribution in [0.15, 0.2) is 52.6 Å². The molecule has 7 nitrogen and oxygen atoms in total. The Morgan fingerprint density at radius 3 is 2.67 bits per heavy atom. The van der Waals surface area contributed by atoms with E-state index in [0.717, 1.165) is 0 Å². The van der Waals surface area contributed by atoms with Crippen LogP contribution in [0.5, 0.6) is 0 Å². The van der Waals surface area contributed by atoms with Crippen LogP contribution >= 0.6 is 35.0 Å². The van der Waals surface area contributed by atoms with Crippen molar-refractivity contribution < 1.29 is 27.7 Å². The first kappa shape index (κ1) is 27.5. The Morgan fingerprint density at radius 1 is 1.26 bits per heavy atom. The summed E-state index contributed by atoms with van der Waals surface area (Å²) in [4.78, 5) is 34.3. The van der Waals surface area contributed by atoms with Gasteiger partial charge in [-0.25, -0.2) is 8.78 Å². The number of urea groups is 1. The summed E-state index contributed by atoms with van der Waals surface area (Å²) in [5.74, 6) is -1.25. The van der Waals surface area contributed by atoms with Gasteiger partial charge in [0.2, 0.25) is 5.91 Å². The van der Waals surface area contributed by atoms with Crippen LogP contribution < -0.4 is 0 Å². The Bertz CT molecular complexity index is 1560. The molecule has 3 aliphatic heterocycles. The van der Waals surface area contributed by atoms with Crippen molar-refractivity contribution in [2.75, 3.05) is 26.0 Å². The average molecular weight is 592 g/mol. The molecule has 12 heteroatoms. The maximum atomic E-state index is 15.1. The molecular weight excluding hydrogens is 569 g/mol. The maximum absolute atomic E-state index is 15.1. The summed E-state index contributed by atoms with van der Waals surface area (Å²) < 4.78 is 35.9. The molecule has 0 saturated carbocycles. The van der Waals surface area contributed by atoms with E-state index in [0.29, 0.717) is 57.3 Å². The fourth-order valence-electron chi connectivity index (χ4n) is 4.93. The van der Waals surface area contributed by atoms with E-state index < -0.39 is 17.7 Å². The molecule has 2 aromatic carbocycles. The number of aliphatic imine (C=N–C) groups is 1. The van der Waals surface area contributed by atoms with Gasteiger partial charge in [0, 0.05) is 47.7 Å². The minimum atomic E-state index is -0.888. The van der Waals surface area contributed by atoms with E-state index in [-0.39, 0.29) is 34.2 Å². The van der Waals surface area contributed by atoms with Gasteiger partial charge < -0.3 is 14.5 Å². The molecule has 202 valence electrons. The third kappa shape index (κ3) is 4.59. The molecule has 0 bridgehead atoms. The third-order valence-electron chi connectivity index (χ3n) is 6.71. The minimum Gasteiger partial charge on any atom is -0.377 e. The van der Waals surface area contributed by atoms with Gasteiger partial charge in [0.1, 0.15) is 24.0 Å². The molecule has 0 saturated heterocycles. The normalized spacial score (nSPS) is 18.6. The number of carbonyl (C=O) groups is 2. The van der Waals surface area contributed by atoms with E-state index in [9.17, 15) is 14.0 Å². The zero-order chi connectivity index (χ0) is 28.2. The molecule has 0 fully saturated rings. The van der Waals surface area contributed by atoms with Gasteiger partial charge in [-0.15, -0.1) is 11.8 Å². The molecular formula is C27H23Cl2F2N4O3S+. The molecule has 0 N–H and O–H groups in total. The highest BCUT2D eigenvalue weighted by atomic mass is 35.5. The van der Waals surface area contributed by atoms with Crippen molar-refractivity contribution in [1.82, 2.24) is 9.80 Å². The van der Waals surface area contributed by atoms with E-state index in [1.165, 1.54) is 35.6 Å². The lowest BCUT2D eigenvalue weighted by molar-refractivity contribution is -0.337. The van der Waals surface area contributed by atoms with E-state index in [2.05, 4.69) is 11.6 Å². The van der Waals surface area contributed by atoms with Gasteiger partial charge in [0.05, 0.1) is 32.3 Å². The summed E-state index contributed by atoms with van der Waals surface area (Å²) >= 11 is 14.2. The molecule has 3 aliphatic rings. The average Bonchev–Trinajstić information content (AvgIpc) is 2.90. The van der Waals surface area contributed by atoms with Gasteiger partial charge in [0.15, 0.2) is 5.69 Å². The topological polar surface area (TPSA) is 65.2 Å². The first-order valence-corrected chi connectivity index (χ1v) is 13.6. The van der Waals surface area contributed by atoms with Gasteiger partial charge in [-0.05, 0) is 32.1 Å². The Hall–Kier alpha value is -3.05. The Morgan fingerprint density at radius 2 is 1.97 bits per heavy atom. The predicted octanol–water partition coefficient (Wildman–Crippen LogP) is 6.24. The summed E-state index contributed by atoms with van der Waals surface area (Å²) in [5.41, 5.74) is 2.66. The smallest absolute Gasteiger partial charge is 0.377 e. The van der Waals surface area contributed by atoms with E-state index >= 15 is 4.39 Å². The molecule has 3 heterocycles. The first-order chi connectivity index (χ1) is 18.6. The number of amidine groups is 1. The van der Waals surface area contributed by atoms with Crippen LogP contribution in [0, 0.1) is 11.6 Å². The number of methoxy groups -OCH3 is 1. The van der Waals surface area contributed by atoms with Crippen molar-refractivity contribution >= 4 is 64.1 Å². The number of halogens is 4. The molecule has 5 rings (SSSR count). The number of benzene rings is 2. The predicted molar refractivity (Wildman–Crippen MR) is 148 cm³/mol. The zero-order valence-electron chi connectivity index (χ0n) is 21.2. The largest absolute Gasteiger partial charge is 0.547 e. The second-order valence-electron chi connectivity index (χ2n) is 9.23. The van der Waals surface area contributed by atoms with Crippen molar-refractivity contribution in [3.05, 3.63) is 70.0 Å². The standard InChI is InChI=1S/C27H23Cl2F2N4O3S/c1-5-22(36)33-9-14(3)34(10-13(33)2)26-17-7-19(29)23(16-6-18(28)21(31)8-20(16)30)25-24(17)35(27(37)32-26)15(11-38-4)12-39-25/h5-8,10,14H,1,9,11-12H2,2-4H3/q+1/t14-/m0/s1. The summed E-state index contributed by atoms with van der Waals surface area (Å²) in [5, 5.41) is -0.0692. The number of ether oxygens (including phenoxy) is 1. The van der Waals surface area contributed by atoms with E-state index in [1.807, 2.05) is 11.8 Å². The number of hydrogen-bond donors (Lipinski definition) is 0. The molecule has 0 spiro atoms. The number of hydrogen-bond acceptors (Lipinski definition) is 5. The van der Waals surface area contributed by atoms with Gasteiger partial charge in [-0.3, -0.25) is 4.79 Å². The number of allylic oxidation sites excluding steroid dienone is 1. The molecule has 39 heavy (non-hydrogen) atoms. The summed E-state index contributed by atoms with van der Waals surface area (Å²) in [6.07, 6.45) is 3.00. The van der Waals surface area contributed by atoms with E-state index in [1.54, 1.807) is 24.1 Å². The molecule has 0 aliphatic carbocycles. The zero-order valence-corrected chi connectivity index (χ0v) is 23.6. The molecule has 0 radical (unpaired) electrons. The highest BCUT2D eigenvalue weighted by Gasteiger charge is 2.44. The lowest BCUT2D eigenvalue weighted by Crippen LogP contribution is -2.50. The van der Waals surface area contributed by atoms with Gasteiger partial charge >= 0.3 is 6.03 Å². The van der Waals surface area contributed by atoms with Crippen molar-refractivity contribution in [3.63, 3.8) is 0 Å². The number of amides is 3. The Balaban J connectivity index is 1.76. The molecule has 0 aromatic heterocycles. The summed E-state index contributed by atoms with van der Waals surface area (Å²) in [6.45, 7) is 7.77. The van der Waals surface area contributed by atoms with Crippen molar-refractivity contribution in [2.24, 2.45) is 4.99 Å². The van der Waals surface area contributed by atoms with Crippen LogP contribution in [-0.4, -0.2) is 69.9 Å². The highest BCUT2D eigenvalue weighted by molar-refractivity contribution is 8.00. The van der Waals surface area contributed by atoms with Crippen molar-refractivity contribution in [1.29, 1.82) is 0 Å². The van der Waals surface area contributed by atoms with Gasteiger partial charge in [-0.1, -0.05) is 29.8 Å². The second-order valence-corrected chi connectivity index (χ2v) is 11.0. The molecule has 3 amide bonds. The van der Waals surface area contributed by atoms with Crippen LogP contribution in [0.25, 0.3) is 11.1 Å². The number of rotatable bonds is 4. The number of thioether (sulfide) groups is 1. The SMILES string of the molecule is C=CC(=O)N1C[C@H](C)N(C2=NC(=O)[N+]3=C(COC)CSc4c(-c5cc(Cl)c(F)cc5F)c(Cl)cc2c43)C=C1C. The Labute approximate surface area is 238 Å². The molecule has 2 aromatic rings. The van der Waals surface area contributed by atoms with Crippen LogP contribution in [0.1, 0.15) is 19.4 Å². The lowest BCUT2D eigenvalue weighted by Gasteiger charge is -2.38. The third-order valence-corrected chi connectivity index (χ3v) is 8.46. The maximum Gasteiger partial charge on any atom is 0.547 e. The fourth-order valence-corrected chi connectivity index (χ4v) is 6.68. The van der Waals surface area contributed by atoms with Crippen molar-refractivity contribution in [2.45, 2.75) is 24.8 Å². The fraction of sp³-hybridized carbons (Fsp3) is 0.259. The highest BCUT2D eigenvalue weighted by Crippen LogP contribution is 2.50. The van der Waals surface area contributed by atoms with Crippen molar-refractivity contribution in [3.8, 4) is 11.1 Å². The number of carbonyl (C=O) groups excluding carboxylic acids is 2. The minimum absolute atomic E-state index is 0.0176. The second kappa shape index (κ2) is 10.5. The lowest BCUT2D eigenvalue weighted by atomic mass is 9.98. The van der Waals surface area contributed by atoms with E-state index in [4.69, 9.17) is 27.9 Å². The summed E-state index contributed by atoms with van der Waals surface area (Å²) in [6, 6.07) is 2.74. The van der Waals surface area contributed by atoms with Crippen LogP contribution in [-0.2, 0) is 9.53 Å². The van der Waals surface area contributed by atoms with Crippen LogP contribution in [0.3, 0.4) is 0 Å². The monoisotopic (exact) mass is 591 g/mol. The van der Waals surface area contributed by atoms with Crippen LogP contribution in [0.2, 0.25) is 10.0 Å². The van der Waals surface area contributed by atoms with Gasteiger partial charge in [0.25, 0.3) is 5.84 Å². The number of nitrogens with zero attached hydrogens (tertiary/aromatic N) is 4. The Kier molecular flexibility index (Phi) is 7.41. The first-order valence-electron chi connectivity index (χ1n) is 11.9. The molecule has 0 unspecified atom stereocenters. The quantitative estimate of drug-likeness (QED) is 0.239. The summed E-state index contributed by atoms with van der Waals surface area (Å²) in [7, 11) is 1.53. The van der Waals surface area contributed by atoms with Gasteiger partial charge in [-0.2, -0.15) is 9.37 Å². The van der Waals surface area contributed by atoms with Crippen LogP contribution in [0.4, 0.5) is 19.3 Å².